The van der Waals surface area contributed by atoms with E-state index in [2.05, 4.69) is 35.2 Å². The van der Waals surface area contributed by atoms with Gasteiger partial charge >= 0.3 is 0 Å². The number of aromatic nitrogens is 5. The molecule has 0 bridgehead atoms. The van der Waals surface area contributed by atoms with Crippen LogP contribution in [0.5, 0.6) is 5.88 Å². The zero-order valence-electron chi connectivity index (χ0n) is 25.5. The van der Waals surface area contributed by atoms with Crippen molar-refractivity contribution < 1.29 is 19.1 Å². The Kier molecular flexibility index (Phi) is 6.76. The molecule has 8 rings (SSSR count). The molecule has 2 aliphatic heterocycles. The molecule has 0 radical (unpaired) electrons. The maximum absolute atomic E-state index is 10.8. The van der Waals surface area contributed by atoms with Crippen LogP contribution < -0.4 is 10.5 Å². The quantitative estimate of drug-likeness (QED) is 0.319. The van der Waals surface area contributed by atoms with Gasteiger partial charge in [0, 0.05) is 28.7 Å². The van der Waals surface area contributed by atoms with Crippen LogP contribution in [0.25, 0.3) is 17.3 Å². The molecule has 1 spiro atoms. The predicted octanol–water partition coefficient (Wildman–Crippen LogP) is 3.87. The molecule has 3 N–H and O–H groups in total. The number of anilines is 1. The van der Waals surface area contributed by atoms with Gasteiger partial charge < -0.3 is 24.8 Å². The van der Waals surface area contributed by atoms with Gasteiger partial charge in [0.2, 0.25) is 5.88 Å². The van der Waals surface area contributed by atoms with Crippen molar-refractivity contribution in [3.63, 3.8) is 0 Å². The van der Waals surface area contributed by atoms with Gasteiger partial charge in [-0.05, 0) is 83.5 Å². The molecule has 2 aliphatic carbocycles. The molecule has 13 heteroatoms. The summed E-state index contributed by atoms with van der Waals surface area (Å²) in [7, 11) is 2.13. The van der Waals surface area contributed by atoms with Gasteiger partial charge in [-0.15, -0.1) is 11.3 Å². The van der Waals surface area contributed by atoms with Crippen molar-refractivity contribution in [2.75, 3.05) is 32.5 Å². The molecule has 234 valence electrons. The summed E-state index contributed by atoms with van der Waals surface area (Å²) in [6.07, 6.45) is 9.20. The molecular weight excluding hydrogens is 592 g/mol. The Bertz CT molecular complexity index is 1820. The van der Waals surface area contributed by atoms with Crippen molar-refractivity contribution in [2.45, 2.75) is 81.5 Å². The fraction of sp³-hybridized carbons (Fsp3) is 0.531. The number of aliphatic hydroxyl groups is 1. The second-order valence-electron chi connectivity index (χ2n) is 13.0. The lowest BCUT2D eigenvalue weighted by atomic mass is 9.63. The first-order chi connectivity index (χ1) is 21.8. The smallest absolute Gasteiger partial charge is 0.219 e. The highest BCUT2D eigenvalue weighted by atomic mass is 32.1. The van der Waals surface area contributed by atoms with Crippen LogP contribution >= 0.6 is 11.3 Å². The fourth-order valence-electron chi connectivity index (χ4n) is 7.85. The van der Waals surface area contributed by atoms with E-state index >= 15 is 0 Å². The third-order valence-electron chi connectivity index (χ3n) is 10.2. The molecular formula is C32H36N8O4S. The van der Waals surface area contributed by atoms with Crippen molar-refractivity contribution in [1.82, 2.24) is 29.8 Å². The van der Waals surface area contributed by atoms with Crippen LogP contribution in [0.3, 0.4) is 0 Å². The second kappa shape index (κ2) is 10.6. The highest BCUT2D eigenvalue weighted by Gasteiger charge is 2.49. The number of rotatable bonds is 6. The van der Waals surface area contributed by atoms with Crippen molar-refractivity contribution in [3.05, 3.63) is 51.4 Å². The summed E-state index contributed by atoms with van der Waals surface area (Å²) < 4.78 is 19.6. The molecule has 12 nitrogen and oxygen atoms in total. The summed E-state index contributed by atoms with van der Waals surface area (Å²) in [5.74, 6) is 2.10. The molecule has 0 saturated carbocycles. The van der Waals surface area contributed by atoms with Crippen LogP contribution in [-0.2, 0) is 28.6 Å². The van der Waals surface area contributed by atoms with Gasteiger partial charge in [-0.1, -0.05) is 5.16 Å². The number of nitriles is 1. The molecule has 45 heavy (non-hydrogen) atoms. The number of likely N-dealkylation sites (N-methyl/N-ethyl adjacent to an activating group) is 1. The van der Waals surface area contributed by atoms with E-state index in [4.69, 9.17) is 29.7 Å². The number of aryl methyl sites for hydroxylation is 1. The molecule has 2 saturated heterocycles. The number of likely N-dealkylation sites (tertiary alicyclic amines) is 1. The van der Waals surface area contributed by atoms with Gasteiger partial charge in [0.1, 0.15) is 17.2 Å². The van der Waals surface area contributed by atoms with Crippen molar-refractivity contribution in [3.8, 4) is 29.3 Å². The molecule has 0 unspecified atom stereocenters. The standard InChI is InChI=1S/C32H36N8O4S/c1-18(21-7-5-12-39(21)2)43-25-14-24(40-13-9-23(37-40)32(41)16-42-17-32)35-30(36-25)27-19-6-3-10-31(28(19)44-38-27)11-4-8-22-26(31)20(15-33)29(34)45-22/h9,13-14,18,21,41H,3-8,10-12,16-17,34H2,1-2H3/t18-,21-,31-/m0/s1. The topological polar surface area (TPSA) is 161 Å². The van der Waals surface area contributed by atoms with Gasteiger partial charge in [0.15, 0.2) is 28.7 Å². The van der Waals surface area contributed by atoms with Gasteiger partial charge in [-0.3, -0.25) is 4.90 Å². The number of hydrogen-bond donors (Lipinski definition) is 2. The monoisotopic (exact) mass is 628 g/mol. The Balaban J connectivity index is 1.23. The Morgan fingerprint density at radius 1 is 1.22 bits per heavy atom. The van der Waals surface area contributed by atoms with E-state index in [1.165, 1.54) is 16.2 Å². The zero-order valence-corrected chi connectivity index (χ0v) is 26.3. The first-order valence-corrected chi connectivity index (χ1v) is 16.5. The summed E-state index contributed by atoms with van der Waals surface area (Å²) in [5, 5.41) is 30.7. The first-order valence-electron chi connectivity index (χ1n) is 15.7. The number of thiophene rings is 1. The third kappa shape index (κ3) is 4.49. The highest BCUT2D eigenvalue weighted by Crippen LogP contribution is 2.55. The van der Waals surface area contributed by atoms with Crippen LogP contribution in [0.2, 0.25) is 0 Å². The number of nitrogens with zero attached hydrogens (tertiary/aromatic N) is 7. The summed E-state index contributed by atoms with van der Waals surface area (Å²) in [4.78, 5) is 13.3. The van der Waals surface area contributed by atoms with E-state index < -0.39 is 11.0 Å². The molecule has 0 amide bonds. The fourth-order valence-corrected chi connectivity index (χ4v) is 9.02. The number of fused-ring (bicyclic) bond motifs is 4. The van der Waals surface area contributed by atoms with E-state index in [0.29, 0.717) is 39.5 Å². The van der Waals surface area contributed by atoms with E-state index in [-0.39, 0.29) is 25.4 Å². The maximum Gasteiger partial charge on any atom is 0.219 e. The Hall–Kier alpha value is -3.83. The first kappa shape index (κ1) is 28.6. The van der Waals surface area contributed by atoms with Crippen LogP contribution in [0, 0.1) is 11.3 Å². The molecule has 0 aromatic carbocycles. The van der Waals surface area contributed by atoms with Crippen molar-refractivity contribution in [1.29, 1.82) is 5.26 Å². The highest BCUT2D eigenvalue weighted by molar-refractivity contribution is 7.16. The molecule has 4 aromatic heterocycles. The summed E-state index contributed by atoms with van der Waals surface area (Å²) in [5.41, 5.74) is 8.47. The predicted molar refractivity (Wildman–Crippen MR) is 165 cm³/mol. The Morgan fingerprint density at radius 2 is 2.04 bits per heavy atom. The molecule has 2 fully saturated rings. The van der Waals surface area contributed by atoms with Crippen LogP contribution in [0.4, 0.5) is 5.00 Å². The van der Waals surface area contributed by atoms with Crippen molar-refractivity contribution >= 4 is 16.3 Å². The van der Waals surface area contributed by atoms with Crippen molar-refractivity contribution in [2.24, 2.45) is 0 Å². The van der Waals surface area contributed by atoms with Crippen LogP contribution in [-0.4, -0.2) is 73.9 Å². The molecule has 6 heterocycles. The average molecular weight is 629 g/mol. The van der Waals surface area contributed by atoms with Gasteiger partial charge in [-0.25, -0.2) is 9.67 Å². The van der Waals surface area contributed by atoms with Gasteiger partial charge in [-0.2, -0.15) is 15.3 Å². The average Bonchev–Trinajstić information content (AvgIpc) is 3.82. The third-order valence-corrected chi connectivity index (χ3v) is 11.2. The largest absolute Gasteiger partial charge is 0.473 e. The molecule has 4 aromatic rings. The SMILES string of the molecule is C[C@H](Oc1cc(-n2ccc(C3(O)COC3)n2)nc(-c2noc3c2CCC[C@@]32CCCc3sc(N)c(C#N)c32)n1)[C@@H]1CCCN1C. The molecule has 4 aliphatic rings. The molecule has 3 atom stereocenters. The van der Waals surface area contributed by atoms with E-state index in [1.54, 1.807) is 23.0 Å². The summed E-state index contributed by atoms with van der Waals surface area (Å²) in [6, 6.07) is 6.23. The lowest BCUT2D eigenvalue weighted by molar-refractivity contribution is -0.187. The van der Waals surface area contributed by atoms with E-state index in [1.807, 2.05) is 0 Å². The zero-order chi connectivity index (χ0) is 30.9. The van der Waals surface area contributed by atoms with Gasteiger partial charge in [0.05, 0.1) is 29.9 Å². The number of hydrogen-bond acceptors (Lipinski definition) is 12. The number of nitrogens with two attached hydrogens (primary N) is 1. The van der Waals surface area contributed by atoms with Crippen LogP contribution in [0.1, 0.15) is 78.5 Å². The lowest BCUT2D eigenvalue weighted by Crippen LogP contribution is -2.46. The summed E-state index contributed by atoms with van der Waals surface area (Å²) >= 11 is 1.53. The van der Waals surface area contributed by atoms with Crippen LogP contribution in [0.15, 0.2) is 22.9 Å². The lowest BCUT2D eigenvalue weighted by Gasteiger charge is -2.39. The number of nitrogen functional groups attached to an aromatic ring is 1. The number of ether oxygens (including phenoxy) is 2. The normalized spacial score (nSPS) is 24.5. The summed E-state index contributed by atoms with van der Waals surface area (Å²) in [6.45, 7) is 3.53. The van der Waals surface area contributed by atoms with E-state index in [0.717, 1.165) is 74.8 Å². The maximum atomic E-state index is 10.8. The second-order valence-corrected chi connectivity index (χ2v) is 14.1. The minimum Gasteiger partial charge on any atom is -0.473 e. The Morgan fingerprint density at radius 3 is 2.78 bits per heavy atom. The van der Waals surface area contributed by atoms with Gasteiger partial charge in [0.25, 0.3) is 0 Å². The van der Waals surface area contributed by atoms with E-state index in [9.17, 15) is 10.4 Å². The minimum atomic E-state index is -1.10. The Labute approximate surface area is 264 Å². The minimum absolute atomic E-state index is 0.0993.